The minimum absolute atomic E-state index is 0.129. The van der Waals surface area contributed by atoms with Gasteiger partial charge in [-0.3, -0.25) is 9.78 Å². The molecule has 0 saturated heterocycles. The monoisotopic (exact) mass is 255 g/mol. The van der Waals surface area contributed by atoms with Crippen molar-refractivity contribution in [1.29, 1.82) is 0 Å². The van der Waals surface area contributed by atoms with E-state index in [1.165, 1.54) is 0 Å². The van der Waals surface area contributed by atoms with Crippen molar-refractivity contribution in [3.8, 4) is 0 Å². The highest BCUT2D eigenvalue weighted by Crippen LogP contribution is 2.13. The molecule has 98 valence electrons. The Balaban J connectivity index is 2.10. The van der Waals surface area contributed by atoms with Gasteiger partial charge in [0.15, 0.2) is 0 Å². The van der Waals surface area contributed by atoms with Crippen LogP contribution < -0.4 is 11.1 Å². The second-order valence-electron chi connectivity index (χ2n) is 4.38. The number of nitrogens with zero attached hydrogens (tertiary/aromatic N) is 1. The van der Waals surface area contributed by atoms with Crippen molar-refractivity contribution >= 4 is 11.6 Å². The lowest BCUT2D eigenvalue weighted by Gasteiger charge is -2.08. The molecule has 4 nitrogen and oxygen atoms in total. The standard InChI is InChI=1S/C15H17N3O/c1-11-7-9-17-10-14(11)18-15(19)13-4-2-12(3-5-13)6-8-16/h2-5,7,9-10H,6,8,16H2,1H3,(H,18,19). The summed E-state index contributed by atoms with van der Waals surface area (Å²) in [6.07, 6.45) is 4.17. The fourth-order valence-electron chi connectivity index (χ4n) is 1.78. The molecule has 1 amide bonds. The van der Waals surface area contributed by atoms with Crippen molar-refractivity contribution in [2.75, 3.05) is 11.9 Å². The van der Waals surface area contributed by atoms with E-state index in [4.69, 9.17) is 5.73 Å². The lowest BCUT2D eigenvalue weighted by molar-refractivity contribution is 0.102. The largest absolute Gasteiger partial charge is 0.330 e. The first kappa shape index (κ1) is 13.2. The lowest BCUT2D eigenvalue weighted by atomic mass is 10.1. The molecule has 0 aliphatic rings. The third kappa shape index (κ3) is 3.39. The second kappa shape index (κ2) is 6.11. The Morgan fingerprint density at radius 3 is 2.63 bits per heavy atom. The third-order valence-corrected chi connectivity index (χ3v) is 2.94. The van der Waals surface area contributed by atoms with Gasteiger partial charge in [0.1, 0.15) is 0 Å². The highest BCUT2D eigenvalue weighted by molar-refractivity contribution is 6.04. The number of pyridine rings is 1. The fraction of sp³-hybridized carbons (Fsp3) is 0.200. The van der Waals surface area contributed by atoms with Gasteiger partial charge in [-0.15, -0.1) is 0 Å². The SMILES string of the molecule is Cc1ccncc1NC(=O)c1ccc(CCN)cc1. The maximum atomic E-state index is 12.1. The number of hydrogen-bond donors (Lipinski definition) is 2. The van der Waals surface area contributed by atoms with Crippen molar-refractivity contribution in [1.82, 2.24) is 4.98 Å². The van der Waals surface area contributed by atoms with E-state index in [1.807, 2.05) is 37.3 Å². The Hall–Kier alpha value is -2.20. The molecule has 1 aromatic carbocycles. The van der Waals surface area contributed by atoms with Gasteiger partial charge in [0.05, 0.1) is 11.9 Å². The first-order valence-electron chi connectivity index (χ1n) is 6.21. The number of aryl methyl sites for hydroxylation is 1. The van der Waals surface area contributed by atoms with Crippen LogP contribution in [-0.4, -0.2) is 17.4 Å². The molecule has 2 rings (SSSR count). The van der Waals surface area contributed by atoms with Gasteiger partial charge in [-0.1, -0.05) is 12.1 Å². The van der Waals surface area contributed by atoms with Gasteiger partial charge in [-0.2, -0.15) is 0 Å². The highest BCUT2D eigenvalue weighted by Gasteiger charge is 2.07. The van der Waals surface area contributed by atoms with Gasteiger partial charge in [-0.05, 0) is 49.2 Å². The topological polar surface area (TPSA) is 68.0 Å². The van der Waals surface area contributed by atoms with Crippen LogP contribution in [-0.2, 0) is 6.42 Å². The van der Waals surface area contributed by atoms with E-state index < -0.39 is 0 Å². The summed E-state index contributed by atoms with van der Waals surface area (Å²) < 4.78 is 0. The molecule has 0 aliphatic heterocycles. The van der Waals surface area contributed by atoms with Crippen LogP contribution in [0.25, 0.3) is 0 Å². The number of carbonyl (C=O) groups excluding carboxylic acids is 1. The van der Waals surface area contributed by atoms with Crippen LogP contribution in [0.5, 0.6) is 0 Å². The van der Waals surface area contributed by atoms with Crippen LogP contribution in [0, 0.1) is 6.92 Å². The zero-order valence-corrected chi connectivity index (χ0v) is 10.9. The molecule has 0 saturated carbocycles. The van der Waals surface area contributed by atoms with E-state index in [1.54, 1.807) is 12.4 Å². The van der Waals surface area contributed by atoms with E-state index in [9.17, 15) is 4.79 Å². The molecule has 0 fully saturated rings. The molecular weight excluding hydrogens is 238 g/mol. The summed E-state index contributed by atoms with van der Waals surface area (Å²) in [6.45, 7) is 2.54. The summed E-state index contributed by atoms with van der Waals surface area (Å²) in [6, 6.07) is 9.34. The Bertz CT molecular complexity index is 564. The zero-order chi connectivity index (χ0) is 13.7. The Kier molecular flexibility index (Phi) is 4.26. The molecule has 0 unspecified atom stereocenters. The molecule has 1 aromatic heterocycles. The van der Waals surface area contributed by atoms with Crippen LogP contribution >= 0.6 is 0 Å². The predicted octanol–water partition coefficient (Wildman–Crippen LogP) is 2.14. The first-order chi connectivity index (χ1) is 9.20. The zero-order valence-electron chi connectivity index (χ0n) is 10.9. The van der Waals surface area contributed by atoms with Crippen LogP contribution in [0.2, 0.25) is 0 Å². The Labute approximate surface area is 112 Å². The number of nitrogens with one attached hydrogen (secondary N) is 1. The first-order valence-corrected chi connectivity index (χ1v) is 6.21. The fourth-order valence-corrected chi connectivity index (χ4v) is 1.78. The molecule has 0 radical (unpaired) electrons. The van der Waals surface area contributed by atoms with Crippen molar-refractivity contribution < 1.29 is 4.79 Å². The van der Waals surface area contributed by atoms with Crippen molar-refractivity contribution in [2.45, 2.75) is 13.3 Å². The Morgan fingerprint density at radius 2 is 2.00 bits per heavy atom. The Morgan fingerprint density at radius 1 is 1.26 bits per heavy atom. The molecular formula is C15H17N3O. The molecule has 0 spiro atoms. The summed E-state index contributed by atoms with van der Waals surface area (Å²) in [7, 11) is 0. The summed E-state index contributed by atoms with van der Waals surface area (Å²) >= 11 is 0. The number of carbonyl (C=O) groups is 1. The smallest absolute Gasteiger partial charge is 0.255 e. The molecule has 19 heavy (non-hydrogen) atoms. The van der Waals surface area contributed by atoms with Crippen LogP contribution in [0.3, 0.4) is 0 Å². The number of anilines is 1. The number of aromatic nitrogens is 1. The maximum absolute atomic E-state index is 12.1. The molecule has 2 aromatic rings. The van der Waals surface area contributed by atoms with E-state index >= 15 is 0 Å². The highest BCUT2D eigenvalue weighted by atomic mass is 16.1. The molecule has 0 aliphatic carbocycles. The quantitative estimate of drug-likeness (QED) is 0.879. The summed E-state index contributed by atoms with van der Waals surface area (Å²) in [5.41, 5.74) is 8.98. The van der Waals surface area contributed by atoms with Gasteiger partial charge in [0.25, 0.3) is 5.91 Å². The second-order valence-corrected chi connectivity index (χ2v) is 4.38. The van der Waals surface area contributed by atoms with Gasteiger partial charge in [0, 0.05) is 11.8 Å². The molecule has 0 bridgehead atoms. The summed E-state index contributed by atoms with van der Waals surface area (Å²) in [4.78, 5) is 16.1. The molecule has 1 heterocycles. The van der Waals surface area contributed by atoms with E-state index in [-0.39, 0.29) is 5.91 Å². The predicted molar refractivity (Wildman–Crippen MR) is 76.1 cm³/mol. The normalized spacial score (nSPS) is 10.2. The van der Waals surface area contributed by atoms with Crippen molar-refractivity contribution in [3.05, 3.63) is 59.4 Å². The molecule has 0 atom stereocenters. The van der Waals surface area contributed by atoms with Gasteiger partial charge in [0.2, 0.25) is 0 Å². The van der Waals surface area contributed by atoms with Gasteiger partial charge < -0.3 is 11.1 Å². The van der Waals surface area contributed by atoms with E-state index in [0.29, 0.717) is 12.1 Å². The van der Waals surface area contributed by atoms with Crippen LogP contribution in [0.4, 0.5) is 5.69 Å². The number of nitrogens with two attached hydrogens (primary N) is 1. The van der Waals surface area contributed by atoms with Crippen LogP contribution in [0.1, 0.15) is 21.5 Å². The van der Waals surface area contributed by atoms with Crippen molar-refractivity contribution in [3.63, 3.8) is 0 Å². The molecule has 4 heteroatoms. The molecule has 3 N–H and O–H groups in total. The van der Waals surface area contributed by atoms with E-state index in [0.717, 1.165) is 23.2 Å². The average molecular weight is 255 g/mol. The van der Waals surface area contributed by atoms with Gasteiger partial charge in [-0.25, -0.2) is 0 Å². The summed E-state index contributed by atoms with van der Waals surface area (Å²) in [5, 5.41) is 2.85. The lowest BCUT2D eigenvalue weighted by Crippen LogP contribution is -2.13. The average Bonchev–Trinajstić information content (AvgIpc) is 2.42. The number of hydrogen-bond acceptors (Lipinski definition) is 3. The number of rotatable bonds is 4. The minimum Gasteiger partial charge on any atom is -0.330 e. The van der Waals surface area contributed by atoms with Gasteiger partial charge >= 0.3 is 0 Å². The van der Waals surface area contributed by atoms with E-state index in [2.05, 4.69) is 10.3 Å². The maximum Gasteiger partial charge on any atom is 0.255 e. The number of benzene rings is 1. The van der Waals surface area contributed by atoms with Crippen LogP contribution in [0.15, 0.2) is 42.7 Å². The number of amides is 1. The summed E-state index contributed by atoms with van der Waals surface area (Å²) in [5.74, 6) is -0.129. The minimum atomic E-state index is -0.129. The third-order valence-electron chi connectivity index (χ3n) is 2.94. The van der Waals surface area contributed by atoms with Crippen molar-refractivity contribution in [2.24, 2.45) is 5.73 Å².